The van der Waals surface area contributed by atoms with Gasteiger partial charge in [0.1, 0.15) is 22.9 Å². The minimum absolute atomic E-state index is 0.0897. The number of carbonyl (C=O) groups excluding carboxylic acids is 2. The van der Waals surface area contributed by atoms with Crippen LogP contribution < -0.4 is 15.4 Å². The van der Waals surface area contributed by atoms with Gasteiger partial charge >= 0.3 is 0 Å². The summed E-state index contributed by atoms with van der Waals surface area (Å²) >= 11 is 9.60. The molecular formula is C26H24BrClFN5O4. The van der Waals surface area contributed by atoms with Crippen LogP contribution in [0, 0.1) is 12.7 Å². The molecule has 2 N–H and O–H groups in total. The maximum atomic E-state index is 13.9. The third kappa shape index (κ3) is 5.25. The molecule has 2 aromatic carbocycles. The van der Waals surface area contributed by atoms with E-state index in [1.165, 1.54) is 12.1 Å². The summed E-state index contributed by atoms with van der Waals surface area (Å²) in [6.07, 6.45) is 2.27. The van der Waals surface area contributed by atoms with Crippen molar-refractivity contribution in [2.75, 3.05) is 6.54 Å². The number of hydrogen-bond donors (Lipinski definition) is 2. The highest BCUT2D eigenvalue weighted by Crippen LogP contribution is 2.41. The first-order valence-electron chi connectivity index (χ1n) is 11.8. The standard InChI is InChI=1S/C26H24BrClFN5O4/c1-13-17-6-14(27)7-19(28)24(17)37-23(13)25(36)31-11-22(35)30-10-16-12-34(33-32-16)20-9-26(2,3)38-21-5-4-15(29)8-18(20)21/h4-8,12,20H,9-11H2,1-3H3,(H,30,35)(H,31,36)/t20-/m0/s1. The first kappa shape index (κ1) is 26.2. The fourth-order valence-electron chi connectivity index (χ4n) is 4.52. The Balaban J connectivity index is 1.20. The van der Waals surface area contributed by atoms with Crippen LogP contribution in [0.3, 0.4) is 0 Å². The number of rotatable bonds is 6. The number of hydrogen-bond acceptors (Lipinski definition) is 6. The Morgan fingerprint density at radius 3 is 2.84 bits per heavy atom. The van der Waals surface area contributed by atoms with E-state index in [0.717, 1.165) is 4.47 Å². The second-order valence-electron chi connectivity index (χ2n) is 9.73. The smallest absolute Gasteiger partial charge is 0.287 e. The van der Waals surface area contributed by atoms with Crippen LogP contribution in [-0.4, -0.2) is 39.0 Å². The molecule has 3 heterocycles. The lowest BCUT2D eigenvalue weighted by Crippen LogP contribution is -2.37. The number of benzene rings is 2. The van der Waals surface area contributed by atoms with Crippen molar-refractivity contribution in [1.82, 2.24) is 25.6 Å². The van der Waals surface area contributed by atoms with Crippen LogP contribution in [0.4, 0.5) is 4.39 Å². The van der Waals surface area contributed by atoms with Gasteiger partial charge in [-0.1, -0.05) is 32.7 Å². The van der Waals surface area contributed by atoms with Gasteiger partial charge in [-0.05, 0) is 51.1 Å². The molecule has 12 heteroatoms. The van der Waals surface area contributed by atoms with Crippen molar-refractivity contribution < 1.29 is 23.1 Å². The largest absolute Gasteiger partial charge is 0.487 e. The SMILES string of the molecule is Cc1c(C(=O)NCC(=O)NCc2cn([C@H]3CC(C)(C)Oc4ccc(F)cc43)nn2)oc2c(Cl)cc(Br)cc12. The van der Waals surface area contributed by atoms with Crippen LogP contribution in [-0.2, 0) is 11.3 Å². The molecule has 1 atom stereocenters. The van der Waals surface area contributed by atoms with Gasteiger partial charge in [0, 0.05) is 27.4 Å². The van der Waals surface area contributed by atoms with Crippen molar-refractivity contribution in [2.45, 2.75) is 45.4 Å². The highest BCUT2D eigenvalue weighted by molar-refractivity contribution is 9.10. The van der Waals surface area contributed by atoms with Crippen LogP contribution in [0.25, 0.3) is 11.0 Å². The zero-order valence-corrected chi connectivity index (χ0v) is 23.1. The molecule has 198 valence electrons. The summed E-state index contributed by atoms with van der Waals surface area (Å²) in [6, 6.07) is 7.64. The summed E-state index contributed by atoms with van der Waals surface area (Å²) in [5.74, 6) is -0.613. The summed E-state index contributed by atoms with van der Waals surface area (Å²) in [7, 11) is 0. The summed E-state index contributed by atoms with van der Waals surface area (Å²) in [6.45, 7) is 5.50. The van der Waals surface area contributed by atoms with E-state index in [4.69, 9.17) is 20.8 Å². The second-order valence-corrected chi connectivity index (χ2v) is 11.1. The molecule has 38 heavy (non-hydrogen) atoms. The van der Waals surface area contributed by atoms with E-state index >= 15 is 0 Å². The number of nitrogens with one attached hydrogen (secondary N) is 2. The summed E-state index contributed by atoms with van der Waals surface area (Å²) < 4.78 is 28.0. The lowest BCUT2D eigenvalue weighted by Gasteiger charge is -2.37. The molecule has 0 fully saturated rings. The molecular weight excluding hydrogens is 581 g/mol. The van der Waals surface area contributed by atoms with Crippen LogP contribution in [0.2, 0.25) is 5.02 Å². The molecule has 0 unspecified atom stereocenters. The Labute approximate surface area is 230 Å². The van der Waals surface area contributed by atoms with E-state index in [1.807, 2.05) is 19.9 Å². The van der Waals surface area contributed by atoms with Crippen molar-refractivity contribution in [3.63, 3.8) is 0 Å². The lowest BCUT2D eigenvalue weighted by molar-refractivity contribution is -0.120. The number of aryl methyl sites for hydroxylation is 1. The Hall–Kier alpha value is -3.44. The van der Waals surface area contributed by atoms with Crippen molar-refractivity contribution in [2.24, 2.45) is 0 Å². The molecule has 0 spiro atoms. The minimum Gasteiger partial charge on any atom is -0.487 e. The van der Waals surface area contributed by atoms with Gasteiger partial charge in [-0.25, -0.2) is 9.07 Å². The Bertz CT molecular complexity index is 1570. The van der Waals surface area contributed by atoms with Crippen molar-refractivity contribution >= 4 is 50.3 Å². The lowest BCUT2D eigenvalue weighted by atomic mass is 9.90. The molecule has 0 saturated heterocycles. The van der Waals surface area contributed by atoms with Gasteiger partial charge in [0.15, 0.2) is 11.3 Å². The van der Waals surface area contributed by atoms with Gasteiger partial charge in [0.05, 0.1) is 30.4 Å². The zero-order valence-electron chi connectivity index (χ0n) is 20.8. The van der Waals surface area contributed by atoms with E-state index in [2.05, 4.69) is 36.9 Å². The number of fused-ring (bicyclic) bond motifs is 2. The van der Waals surface area contributed by atoms with Crippen molar-refractivity contribution in [3.8, 4) is 5.75 Å². The first-order chi connectivity index (χ1) is 18.0. The monoisotopic (exact) mass is 603 g/mol. The zero-order chi connectivity index (χ0) is 27.2. The predicted molar refractivity (Wildman–Crippen MR) is 142 cm³/mol. The van der Waals surface area contributed by atoms with Crippen molar-refractivity contribution in [1.29, 1.82) is 0 Å². The third-order valence-corrected chi connectivity index (χ3v) is 7.06. The minimum atomic E-state index is -0.528. The van der Waals surface area contributed by atoms with Crippen LogP contribution in [0.5, 0.6) is 5.75 Å². The first-order valence-corrected chi connectivity index (χ1v) is 13.0. The van der Waals surface area contributed by atoms with Gasteiger partial charge in [-0.15, -0.1) is 5.10 Å². The number of nitrogens with zero attached hydrogens (tertiary/aromatic N) is 3. The number of halogens is 3. The van der Waals surface area contributed by atoms with E-state index in [-0.39, 0.29) is 30.7 Å². The molecule has 1 aliphatic rings. The quantitative estimate of drug-likeness (QED) is 0.317. The molecule has 2 amide bonds. The number of furan rings is 1. The Morgan fingerprint density at radius 1 is 1.26 bits per heavy atom. The van der Waals surface area contributed by atoms with Gasteiger partial charge in [-0.3, -0.25) is 9.59 Å². The topological polar surface area (TPSA) is 111 Å². The third-order valence-electron chi connectivity index (χ3n) is 6.32. The van der Waals surface area contributed by atoms with Gasteiger partial charge < -0.3 is 19.8 Å². The van der Waals surface area contributed by atoms with Crippen LogP contribution in [0.1, 0.15) is 53.7 Å². The number of ether oxygens (including phenoxy) is 1. The van der Waals surface area contributed by atoms with E-state index in [1.54, 1.807) is 29.9 Å². The molecule has 4 aromatic rings. The fourth-order valence-corrected chi connectivity index (χ4v) is 5.37. The average molecular weight is 605 g/mol. The molecule has 0 saturated carbocycles. The fraction of sp³-hybridized carbons (Fsp3) is 0.308. The highest BCUT2D eigenvalue weighted by atomic mass is 79.9. The Morgan fingerprint density at radius 2 is 2.05 bits per heavy atom. The average Bonchev–Trinajstić information content (AvgIpc) is 3.46. The maximum absolute atomic E-state index is 13.9. The van der Waals surface area contributed by atoms with Crippen LogP contribution in [0.15, 0.2) is 45.4 Å². The van der Waals surface area contributed by atoms with Crippen molar-refractivity contribution in [3.05, 3.63) is 74.4 Å². The molecule has 0 aliphatic carbocycles. The molecule has 5 rings (SSSR count). The van der Waals surface area contributed by atoms with Gasteiger partial charge in [0.25, 0.3) is 5.91 Å². The molecule has 1 aliphatic heterocycles. The maximum Gasteiger partial charge on any atom is 0.287 e. The predicted octanol–water partition coefficient (Wildman–Crippen LogP) is 5.08. The molecule has 9 nitrogen and oxygen atoms in total. The molecule has 2 aromatic heterocycles. The van der Waals surface area contributed by atoms with E-state index in [9.17, 15) is 14.0 Å². The van der Waals surface area contributed by atoms with Gasteiger partial charge in [0.2, 0.25) is 5.91 Å². The van der Waals surface area contributed by atoms with E-state index < -0.39 is 17.4 Å². The molecule has 0 radical (unpaired) electrons. The molecule has 0 bridgehead atoms. The summed E-state index contributed by atoms with van der Waals surface area (Å²) in [5, 5.41) is 14.7. The van der Waals surface area contributed by atoms with Gasteiger partial charge in [-0.2, -0.15) is 0 Å². The number of amides is 2. The Kier molecular flexibility index (Phi) is 6.91. The number of carbonyl (C=O) groups is 2. The van der Waals surface area contributed by atoms with Crippen LogP contribution >= 0.6 is 27.5 Å². The highest BCUT2D eigenvalue weighted by Gasteiger charge is 2.35. The summed E-state index contributed by atoms with van der Waals surface area (Å²) in [4.78, 5) is 25.1. The number of aromatic nitrogens is 3. The second kappa shape index (κ2) is 10.0. The van der Waals surface area contributed by atoms with E-state index in [0.29, 0.717) is 45.0 Å². The summed E-state index contributed by atoms with van der Waals surface area (Å²) in [5.41, 5.74) is 1.75. The normalized spacial score (nSPS) is 16.1.